The number of carbonyl (C=O) groups is 1. The average molecular weight is 322 g/mol. The number of hydrogen-bond donors (Lipinski definition) is 1. The van der Waals surface area contributed by atoms with Crippen LogP contribution in [0.4, 0.5) is 10.1 Å². The van der Waals surface area contributed by atoms with Gasteiger partial charge in [-0.3, -0.25) is 4.72 Å². The van der Waals surface area contributed by atoms with Gasteiger partial charge in [-0.25, -0.2) is 12.8 Å². The van der Waals surface area contributed by atoms with Crippen molar-refractivity contribution in [2.24, 2.45) is 0 Å². The Hall–Kier alpha value is -2.41. The third-order valence-electron chi connectivity index (χ3n) is 3.06. The molecular formula is C15H13FNO4S-. The number of carbonyl (C=O) groups excluding carboxylic acids is 1. The monoisotopic (exact) mass is 322 g/mol. The molecule has 0 aliphatic heterocycles. The summed E-state index contributed by atoms with van der Waals surface area (Å²) in [5, 5.41) is 10.8. The lowest BCUT2D eigenvalue weighted by atomic mass is 10.1. The molecule has 0 atom stereocenters. The molecule has 2 aromatic rings. The molecule has 0 saturated carbocycles. The summed E-state index contributed by atoms with van der Waals surface area (Å²) in [6, 6.07) is 9.30. The van der Waals surface area contributed by atoms with Gasteiger partial charge in [0.05, 0.1) is 10.9 Å². The summed E-state index contributed by atoms with van der Waals surface area (Å²) < 4.78 is 40.1. The fraction of sp³-hybridized carbons (Fsp3) is 0.133. The summed E-state index contributed by atoms with van der Waals surface area (Å²) in [5.74, 6) is -2.82. The lowest BCUT2D eigenvalue weighted by molar-refractivity contribution is -0.255. The largest absolute Gasteiger partial charge is 0.545 e. The second kappa shape index (κ2) is 6.15. The molecule has 7 heteroatoms. The predicted octanol–water partition coefficient (Wildman–Crippen LogP) is 1.55. The van der Waals surface area contributed by atoms with Crippen molar-refractivity contribution in [3.05, 3.63) is 59.4 Å². The van der Waals surface area contributed by atoms with Gasteiger partial charge in [-0.1, -0.05) is 19.1 Å². The van der Waals surface area contributed by atoms with Crippen molar-refractivity contribution >= 4 is 21.7 Å². The Kier molecular flexibility index (Phi) is 4.46. The highest BCUT2D eigenvalue weighted by Gasteiger charge is 2.17. The molecule has 2 rings (SSSR count). The van der Waals surface area contributed by atoms with Gasteiger partial charge in [-0.05, 0) is 42.3 Å². The lowest BCUT2D eigenvalue weighted by Gasteiger charge is -2.11. The van der Waals surface area contributed by atoms with Crippen LogP contribution >= 0.6 is 0 Å². The van der Waals surface area contributed by atoms with Crippen LogP contribution in [0.15, 0.2) is 47.4 Å². The summed E-state index contributed by atoms with van der Waals surface area (Å²) in [6.07, 6.45) is 0.737. The number of aryl methyl sites for hydroxylation is 1. The molecule has 0 spiro atoms. The molecule has 0 amide bonds. The van der Waals surface area contributed by atoms with Gasteiger partial charge in [0, 0.05) is 11.3 Å². The summed E-state index contributed by atoms with van der Waals surface area (Å²) in [5.41, 5.74) is 0.485. The zero-order chi connectivity index (χ0) is 16.3. The Morgan fingerprint density at radius 3 is 2.59 bits per heavy atom. The van der Waals surface area contributed by atoms with Crippen molar-refractivity contribution in [3.63, 3.8) is 0 Å². The first kappa shape index (κ1) is 16.0. The van der Waals surface area contributed by atoms with Gasteiger partial charge >= 0.3 is 0 Å². The Labute approximate surface area is 127 Å². The molecule has 0 aliphatic rings. The normalized spacial score (nSPS) is 11.2. The molecular weight excluding hydrogens is 309 g/mol. The molecule has 116 valence electrons. The van der Waals surface area contributed by atoms with Gasteiger partial charge in [-0.15, -0.1) is 0 Å². The molecule has 1 N–H and O–H groups in total. The summed E-state index contributed by atoms with van der Waals surface area (Å²) >= 11 is 0. The second-order valence-electron chi connectivity index (χ2n) is 4.59. The molecule has 0 fully saturated rings. The quantitative estimate of drug-likeness (QED) is 0.905. The van der Waals surface area contributed by atoms with Crippen LogP contribution in [0, 0.1) is 5.82 Å². The van der Waals surface area contributed by atoms with Crippen LogP contribution in [0.2, 0.25) is 0 Å². The van der Waals surface area contributed by atoms with Crippen LogP contribution in [0.3, 0.4) is 0 Å². The van der Waals surface area contributed by atoms with Crippen molar-refractivity contribution in [3.8, 4) is 0 Å². The van der Waals surface area contributed by atoms with E-state index < -0.39 is 27.4 Å². The maximum absolute atomic E-state index is 13.3. The van der Waals surface area contributed by atoms with Crippen molar-refractivity contribution < 1.29 is 22.7 Å². The van der Waals surface area contributed by atoms with Crippen LogP contribution < -0.4 is 9.83 Å². The number of rotatable bonds is 5. The molecule has 0 unspecified atom stereocenters. The predicted molar refractivity (Wildman–Crippen MR) is 77.4 cm³/mol. The number of sulfonamides is 1. The van der Waals surface area contributed by atoms with E-state index in [2.05, 4.69) is 4.72 Å². The molecule has 0 heterocycles. The zero-order valence-electron chi connectivity index (χ0n) is 11.7. The molecule has 22 heavy (non-hydrogen) atoms. The third kappa shape index (κ3) is 3.43. The fourth-order valence-corrected chi connectivity index (χ4v) is 2.97. The minimum absolute atomic E-state index is 0.346. The van der Waals surface area contributed by atoms with Gasteiger partial charge in [0.25, 0.3) is 10.0 Å². The van der Waals surface area contributed by atoms with Crippen molar-refractivity contribution in [1.29, 1.82) is 0 Å². The van der Waals surface area contributed by atoms with Crippen LogP contribution in [-0.2, 0) is 16.4 Å². The van der Waals surface area contributed by atoms with E-state index in [0.29, 0.717) is 5.69 Å². The maximum atomic E-state index is 13.3. The number of nitrogens with one attached hydrogen (secondary N) is 1. The third-order valence-corrected chi connectivity index (χ3v) is 4.43. The van der Waals surface area contributed by atoms with Crippen LogP contribution in [0.25, 0.3) is 0 Å². The highest BCUT2D eigenvalue weighted by molar-refractivity contribution is 7.92. The molecule has 0 bridgehead atoms. The smallest absolute Gasteiger partial charge is 0.261 e. The highest BCUT2D eigenvalue weighted by Crippen LogP contribution is 2.19. The molecule has 0 aliphatic carbocycles. The van der Waals surface area contributed by atoms with Crippen molar-refractivity contribution in [1.82, 2.24) is 0 Å². The van der Waals surface area contributed by atoms with E-state index in [0.717, 1.165) is 30.2 Å². The molecule has 0 saturated heterocycles. The van der Waals surface area contributed by atoms with E-state index >= 15 is 0 Å². The number of aromatic carboxylic acids is 1. The second-order valence-corrected chi connectivity index (χ2v) is 6.27. The number of carboxylic acids is 1. The molecule has 0 aromatic heterocycles. The summed E-state index contributed by atoms with van der Waals surface area (Å²) in [7, 11) is -4.02. The Morgan fingerprint density at radius 1 is 1.23 bits per heavy atom. The molecule has 5 nitrogen and oxygen atoms in total. The van der Waals surface area contributed by atoms with Gasteiger partial charge in [0.15, 0.2) is 0 Å². The average Bonchev–Trinajstić information content (AvgIpc) is 2.46. The SMILES string of the molecule is CCc1cccc(NS(=O)(=O)c2ccc(F)c(C(=O)[O-])c2)c1. The Balaban J connectivity index is 2.38. The number of hydrogen-bond acceptors (Lipinski definition) is 4. The van der Waals surface area contributed by atoms with E-state index in [1.165, 1.54) is 0 Å². The Bertz CT molecular complexity index is 818. The van der Waals surface area contributed by atoms with Gasteiger partial charge in [-0.2, -0.15) is 0 Å². The lowest BCUT2D eigenvalue weighted by Crippen LogP contribution is -2.24. The van der Waals surface area contributed by atoms with Crippen molar-refractivity contribution in [2.45, 2.75) is 18.2 Å². The first-order valence-corrected chi connectivity index (χ1v) is 7.94. The van der Waals surface area contributed by atoms with E-state index in [1.807, 2.05) is 13.0 Å². The highest BCUT2D eigenvalue weighted by atomic mass is 32.2. The van der Waals surface area contributed by atoms with E-state index in [-0.39, 0.29) is 4.90 Å². The zero-order valence-corrected chi connectivity index (χ0v) is 12.5. The van der Waals surface area contributed by atoms with Crippen LogP contribution in [-0.4, -0.2) is 14.4 Å². The number of anilines is 1. The first-order chi connectivity index (χ1) is 10.3. The van der Waals surface area contributed by atoms with Gasteiger partial charge < -0.3 is 9.90 Å². The van der Waals surface area contributed by atoms with E-state index in [1.54, 1.807) is 18.2 Å². The molecule has 0 radical (unpaired) electrons. The minimum atomic E-state index is -4.02. The number of carboxylic acid groups (broad SMARTS) is 1. The first-order valence-electron chi connectivity index (χ1n) is 6.46. The van der Waals surface area contributed by atoms with Crippen LogP contribution in [0.1, 0.15) is 22.8 Å². The maximum Gasteiger partial charge on any atom is 0.261 e. The van der Waals surface area contributed by atoms with Gasteiger partial charge in [0.2, 0.25) is 0 Å². The van der Waals surface area contributed by atoms with Gasteiger partial charge in [0.1, 0.15) is 5.82 Å². The van der Waals surface area contributed by atoms with E-state index in [4.69, 9.17) is 0 Å². The van der Waals surface area contributed by atoms with E-state index in [9.17, 15) is 22.7 Å². The molecule has 2 aromatic carbocycles. The summed E-state index contributed by atoms with van der Waals surface area (Å²) in [4.78, 5) is 10.4. The Morgan fingerprint density at radius 2 is 1.95 bits per heavy atom. The van der Waals surface area contributed by atoms with Crippen LogP contribution in [0.5, 0.6) is 0 Å². The minimum Gasteiger partial charge on any atom is -0.545 e. The number of halogens is 1. The summed E-state index contributed by atoms with van der Waals surface area (Å²) in [6.45, 7) is 1.93. The van der Waals surface area contributed by atoms with Crippen molar-refractivity contribution in [2.75, 3.05) is 4.72 Å². The topological polar surface area (TPSA) is 86.3 Å². The number of benzene rings is 2. The fourth-order valence-electron chi connectivity index (χ4n) is 1.90. The standard InChI is InChI=1S/C15H14FNO4S/c1-2-10-4-3-5-11(8-10)17-22(20,21)12-6-7-14(16)13(9-12)15(18)19/h3-9,17H,2H2,1H3,(H,18,19)/p-1.